The molecule has 0 unspecified atom stereocenters. The van der Waals surface area contributed by atoms with Crippen molar-refractivity contribution in [1.82, 2.24) is 4.90 Å². The minimum absolute atomic E-state index is 0.0544. The molecule has 0 saturated carbocycles. The Bertz CT molecular complexity index is 957. The van der Waals surface area contributed by atoms with Crippen molar-refractivity contribution >= 4 is 11.5 Å². The molecule has 6 heteroatoms. The predicted molar refractivity (Wildman–Crippen MR) is 105 cm³/mol. The standard InChI is InChI=1S/C23H22F3NO2/c1-16-14-22(18-7-3-2-6-17(16)18)10-12-27(13-11-22)21(28)15-29-20-9-5-4-8-19(20)23(24,25)26/h2-9,14H,10-13,15H2,1H3. The van der Waals surface area contributed by atoms with Crippen LogP contribution in [0.3, 0.4) is 0 Å². The Morgan fingerprint density at radius 2 is 1.72 bits per heavy atom. The Balaban J connectivity index is 1.40. The summed E-state index contributed by atoms with van der Waals surface area (Å²) in [6.45, 7) is 2.82. The fraction of sp³-hybridized carbons (Fsp3) is 0.348. The van der Waals surface area contributed by atoms with Gasteiger partial charge in [-0.15, -0.1) is 0 Å². The van der Waals surface area contributed by atoms with Crippen molar-refractivity contribution in [3.05, 3.63) is 71.3 Å². The molecule has 3 nitrogen and oxygen atoms in total. The van der Waals surface area contributed by atoms with Crippen LogP contribution in [-0.2, 0) is 16.4 Å². The molecule has 1 heterocycles. The van der Waals surface area contributed by atoms with Crippen molar-refractivity contribution in [2.75, 3.05) is 19.7 Å². The quantitative estimate of drug-likeness (QED) is 0.719. The van der Waals surface area contributed by atoms with Crippen molar-refractivity contribution in [2.24, 2.45) is 0 Å². The van der Waals surface area contributed by atoms with Crippen molar-refractivity contribution in [3.8, 4) is 5.75 Å². The fourth-order valence-electron chi connectivity index (χ4n) is 4.46. The van der Waals surface area contributed by atoms with E-state index in [0.717, 1.165) is 18.9 Å². The first-order valence-corrected chi connectivity index (χ1v) is 9.66. The third-order valence-electron chi connectivity index (χ3n) is 5.93. The number of para-hydroxylation sites is 1. The highest BCUT2D eigenvalue weighted by Gasteiger charge is 2.40. The minimum atomic E-state index is -4.52. The number of hydrogen-bond acceptors (Lipinski definition) is 2. The van der Waals surface area contributed by atoms with Crippen molar-refractivity contribution in [3.63, 3.8) is 0 Å². The highest BCUT2D eigenvalue weighted by molar-refractivity contribution is 5.79. The number of benzene rings is 2. The largest absolute Gasteiger partial charge is 0.483 e. The molecule has 29 heavy (non-hydrogen) atoms. The first kappa shape index (κ1) is 19.6. The van der Waals surface area contributed by atoms with Crippen molar-refractivity contribution < 1.29 is 22.7 Å². The molecule has 2 aromatic rings. The topological polar surface area (TPSA) is 29.5 Å². The van der Waals surface area contributed by atoms with E-state index >= 15 is 0 Å². The van der Waals surface area contributed by atoms with Crippen LogP contribution in [0.4, 0.5) is 13.2 Å². The fourth-order valence-corrected chi connectivity index (χ4v) is 4.46. The summed E-state index contributed by atoms with van der Waals surface area (Å²) in [5.74, 6) is -0.603. The van der Waals surface area contributed by atoms with Gasteiger partial charge < -0.3 is 9.64 Å². The molecule has 1 spiro atoms. The zero-order valence-corrected chi connectivity index (χ0v) is 16.1. The number of amides is 1. The van der Waals surface area contributed by atoms with E-state index in [4.69, 9.17) is 4.74 Å². The van der Waals surface area contributed by atoms with Gasteiger partial charge in [0.05, 0.1) is 5.56 Å². The number of ether oxygens (including phenoxy) is 1. The molecule has 1 saturated heterocycles. The summed E-state index contributed by atoms with van der Waals surface area (Å²) >= 11 is 0. The second-order valence-electron chi connectivity index (χ2n) is 7.69. The van der Waals surface area contributed by atoms with Crippen LogP contribution >= 0.6 is 0 Å². The lowest BCUT2D eigenvalue weighted by Crippen LogP contribution is -2.45. The zero-order chi connectivity index (χ0) is 20.6. The van der Waals surface area contributed by atoms with Gasteiger partial charge in [-0.05, 0) is 48.6 Å². The van der Waals surface area contributed by atoms with Crippen LogP contribution in [0.15, 0.2) is 54.6 Å². The zero-order valence-electron chi connectivity index (χ0n) is 16.1. The number of alkyl halides is 3. The maximum absolute atomic E-state index is 13.1. The molecule has 2 aliphatic rings. The van der Waals surface area contributed by atoms with Gasteiger partial charge >= 0.3 is 6.18 Å². The number of carbonyl (C=O) groups is 1. The molecule has 1 amide bonds. The molecular weight excluding hydrogens is 379 g/mol. The Morgan fingerprint density at radius 3 is 2.45 bits per heavy atom. The first-order valence-electron chi connectivity index (χ1n) is 9.66. The molecule has 0 aromatic heterocycles. The van der Waals surface area contributed by atoms with Crippen LogP contribution in [0.1, 0.15) is 36.5 Å². The van der Waals surface area contributed by atoms with Gasteiger partial charge in [0.15, 0.2) is 6.61 Å². The van der Waals surface area contributed by atoms with Crippen LogP contribution in [0.2, 0.25) is 0 Å². The molecule has 0 atom stereocenters. The normalized spacial score (nSPS) is 17.8. The summed E-state index contributed by atoms with van der Waals surface area (Å²) < 4.78 is 44.5. The number of halogens is 3. The maximum atomic E-state index is 13.1. The summed E-state index contributed by atoms with van der Waals surface area (Å²) in [6.07, 6.45) is -0.620. The average molecular weight is 401 g/mol. The molecule has 152 valence electrons. The molecular formula is C23H22F3NO2. The summed E-state index contributed by atoms with van der Waals surface area (Å²) in [5.41, 5.74) is 2.90. The molecule has 2 aromatic carbocycles. The summed E-state index contributed by atoms with van der Waals surface area (Å²) in [5, 5.41) is 0. The lowest BCUT2D eigenvalue weighted by molar-refractivity contribution is -0.141. The van der Waals surface area contributed by atoms with Gasteiger partial charge in [0.25, 0.3) is 5.91 Å². The van der Waals surface area contributed by atoms with Gasteiger partial charge in [-0.1, -0.05) is 42.5 Å². The smallest absolute Gasteiger partial charge is 0.419 e. The first-order chi connectivity index (χ1) is 13.8. The number of carbonyl (C=O) groups excluding carboxylic acids is 1. The van der Waals surface area contributed by atoms with Gasteiger partial charge in [-0.2, -0.15) is 13.2 Å². The van der Waals surface area contributed by atoms with E-state index in [0.29, 0.717) is 13.1 Å². The Hall–Kier alpha value is -2.76. The molecule has 1 aliphatic heterocycles. The molecule has 0 bridgehead atoms. The van der Waals surface area contributed by atoms with E-state index in [1.807, 2.05) is 12.1 Å². The van der Waals surface area contributed by atoms with E-state index < -0.39 is 18.3 Å². The second kappa shape index (κ2) is 7.25. The lowest BCUT2D eigenvalue weighted by atomic mass is 9.74. The third kappa shape index (κ3) is 3.63. The highest BCUT2D eigenvalue weighted by atomic mass is 19.4. The number of nitrogens with zero attached hydrogens (tertiary/aromatic N) is 1. The number of fused-ring (bicyclic) bond motifs is 2. The van der Waals surface area contributed by atoms with Gasteiger partial charge in [0.1, 0.15) is 5.75 Å². The van der Waals surface area contributed by atoms with Crippen LogP contribution in [0, 0.1) is 0 Å². The van der Waals surface area contributed by atoms with Crippen LogP contribution in [-0.4, -0.2) is 30.5 Å². The highest BCUT2D eigenvalue weighted by Crippen LogP contribution is 2.46. The van der Waals surface area contributed by atoms with E-state index in [1.165, 1.54) is 34.9 Å². The lowest BCUT2D eigenvalue weighted by Gasteiger charge is -2.39. The van der Waals surface area contributed by atoms with E-state index in [-0.39, 0.29) is 17.1 Å². The number of likely N-dealkylation sites (tertiary alicyclic amines) is 1. The SMILES string of the molecule is CC1=CC2(CCN(C(=O)COc3ccccc3C(F)(F)F)CC2)c2ccccc21. The molecule has 1 aliphatic carbocycles. The third-order valence-corrected chi connectivity index (χ3v) is 5.93. The van der Waals surface area contributed by atoms with Crippen LogP contribution in [0.5, 0.6) is 5.75 Å². The summed E-state index contributed by atoms with van der Waals surface area (Å²) in [4.78, 5) is 14.2. The van der Waals surface area contributed by atoms with E-state index in [9.17, 15) is 18.0 Å². The summed E-state index contributed by atoms with van der Waals surface area (Å²) in [6, 6.07) is 13.3. The average Bonchev–Trinajstić information content (AvgIpc) is 2.98. The van der Waals surface area contributed by atoms with Gasteiger partial charge in [-0.3, -0.25) is 4.79 Å². The van der Waals surface area contributed by atoms with Crippen LogP contribution < -0.4 is 4.74 Å². The number of rotatable bonds is 3. The van der Waals surface area contributed by atoms with Crippen LogP contribution in [0.25, 0.3) is 5.57 Å². The van der Waals surface area contributed by atoms with Crippen molar-refractivity contribution in [2.45, 2.75) is 31.4 Å². The molecule has 1 fully saturated rings. The number of piperidine rings is 1. The maximum Gasteiger partial charge on any atom is 0.419 e. The molecule has 0 radical (unpaired) electrons. The Morgan fingerprint density at radius 1 is 1.07 bits per heavy atom. The molecule has 4 rings (SSSR count). The van der Waals surface area contributed by atoms with E-state index in [2.05, 4.69) is 25.1 Å². The van der Waals surface area contributed by atoms with Crippen molar-refractivity contribution in [1.29, 1.82) is 0 Å². The molecule has 0 N–H and O–H groups in total. The minimum Gasteiger partial charge on any atom is -0.483 e. The summed E-state index contributed by atoms with van der Waals surface area (Å²) in [7, 11) is 0. The predicted octanol–water partition coefficient (Wildman–Crippen LogP) is 5.06. The second-order valence-corrected chi connectivity index (χ2v) is 7.69. The van der Waals surface area contributed by atoms with E-state index in [1.54, 1.807) is 4.90 Å². The Labute approximate surface area is 167 Å². The van der Waals surface area contributed by atoms with Gasteiger partial charge in [0, 0.05) is 18.5 Å². The number of allylic oxidation sites excluding steroid dienone is 2. The number of hydrogen-bond donors (Lipinski definition) is 0. The van der Waals surface area contributed by atoms with Gasteiger partial charge in [-0.25, -0.2) is 0 Å². The Kier molecular flexibility index (Phi) is 4.89. The van der Waals surface area contributed by atoms with Gasteiger partial charge in [0.2, 0.25) is 0 Å². The monoisotopic (exact) mass is 401 g/mol.